The van der Waals surface area contributed by atoms with Gasteiger partial charge in [-0.2, -0.15) is 0 Å². The van der Waals surface area contributed by atoms with Crippen LogP contribution in [0.1, 0.15) is 51.6 Å². The first-order valence-corrected chi connectivity index (χ1v) is 7.90. The van der Waals surface area contributed by atoms with Crippen molar-refractivity contribution in [2.75, 3.05) is 18.5 Å². The summed E-state index contributed by atoms with van der Waals surface area (Å²) in [7, 11) is 2.13. The van der Waals surface area contributed by atoms with Gasteiger partial charge in [0, 0.05) is 26.2 Å². The molecule has 1 fully saturated rings. The maximum atomic E-state index is 4.55. The van der Waals surface area contributed by atoms with Gasteiger partial charge in [0.25, 0.3) is 0 Å². The average Bonchev–Trinajstić information content (AvgIpc) is 2.46. The molecule has 1 N–H and O–H groups in total. The van der Waals surface area contributed by atoms with Gasteiger partial charge in [-0.25, -0.2) is 4.98 Å². The molecule has 0 aliphatic heterocycles. The molecule has 1 saturated carbocycles. The Bertz CT molecular complexity index is 382. The Morgan fingerprint density at radius 2 is 1.95 bits per heavy atom. The second kappa shape index (κ2) is 7.58. The van der Waals surface area contributed by atoms with Gasteiger partial charge in [-0.1, -0.05) is 33.1 Å². The topological polar surface area (TPSA) is 41.1 Å². The van der Waals surface area contributed by atoms with Crippen molar-refractivity contribution in [3.8, 4) is 0 Å². The highest BCUT2D eigenvalue weighted by atomic mass is 15.2. The van der Waals surface area contributed by atoms with Crippen LogP contribution in [0, 0.1) is 5.92 Å². The molecule has 1 aliphatic rings. The predicted octanol–water partition coefficient (Wildman–Crippen LogP) is 2.99. The molecule has 0 aromatic carbocycles. The highest BCUT2D eigenvalue weighted by Crippen LogP contribution is 2.25. The van der Waals surface area contributed by atoms with Crippen LogP contribution in [0.25, 0.3) is 0 Å². The number of anilines is 1. The van der Waals surface area contributed by atoms with E-state index in [1.165, 1.54) is 32.1 Å². The van der Waals surface area contributed by atoms with Crippen molar-refractivity contribution < 1.29 is 0 Å². The van der Waals surface area contributed by atoms with Crippen molar-refractivity contribution in [1.82, 2.24) is 15.3 Å². The summed E-state index contributed by atoms with van der Waals surface area (Å²) in [4.78, 5) is 11.3. The van der Waals surface area contributed by atoms with Crippen molar-refractivity contribution in [2.24, 2.45) is 5.92 Å². The number of nitrogens with zero attached hydrogens (tertiary/aromatic N) is 3. The van der Waals surface area contributed by atoms with Crippen LogP contribution in [0.3, 0.4) is 0 Å². The van der Waals surface area contributed by atoms with E-state index in [0.717, 1.165) is 30.5 Å². The summed E-state index contributed by atoms with van der Waals surface area (Å²) < 4.78 is 0. The second-order valence-electron chi connectivity index (χ2n) is 6.29. The Labute approximate surface area is 123 Å². The van der Waals surface area contributed by atoms with Crippen LogP contribution in [0.5, 0.6) is 0 Å². The molecule has 0 amide bonds. The summed E-state index contributed by atoms with van der Waals surface area (Å²) in [6.07, 6.45) is 10.7. The van der Waals surface area contributed by atoms with Crippen LogP contribution in [-0.4, -0.2) is 29.6 Å². The Morgan fingerprint density at radius 3 is 2.55 bits per heavy atom. The smallest absolute Gasteiger partial charge is 0.146 e. The highest BCUT2D eigenvalue weighted by Gasteiger charge is 2.16. The SMILES string of the molecule is CC(C)NCc1cnc(N(C)CC2CCCCC2)cn1. The third-order valence-electron chi connectivity index (χ3n) is 4.03. The Balaban J connectivity index is 1.84. The second-order valence-corrected chi connectivity index (χ2v) is 6.29. The van der Waals surface area contributed by atoms with Gasteiger partial charge < -0.3 is 10.2 Å². The van der Waals surface area contributed by atoms with Crippen LogP contribution in [0.4, 0.5) is 5.82 Å². The molecule has 0 atom stereocenters. The summed E-state index contributed by atoms with van der Waals surface area (Å²) >= 11 is 0. The molecule has 0 saturated heterocycles. The van der Waals surface area contributed by atoms with E-state index in [9.17, 15) is 0 Å². The van der Waals surface area contributed by atoms with E-state index in [-0.39, 0.29) is 0 Å². The molecule has 1 aliphatic carbocycles. The van der Waals surface area contributed by atoms with Gasteiger partial charge in [0.1, 0.15) is 5.82 Å². The molecule has 1 aromatic heterocycles. The van der Waals surface area contributed by atoms with Crippen molar-refractivity contribution in [1.29, 1.82) is 0 Å². The predicted molar refractivity (Wildman–Crippen MR) is 83.9 cm³/mol. The fourth-order valence-electron chi connectivity index (χ4n) is 2.80. The normalized spacial score (nSPS) is 16.6. The van der Waals surface area contributed by atoms with Crippen molar-refractivity contribution >= 4 is 5.82 Å². The number of hydrogen-bond acceptors (Lipinski definition) is 4. The lowest BCUT2D eigenvalue weighted by molar-refractivity contribution is 0.361. The number of hydrogen-bond donors (Lipinski definition) is 1. The van der Waals surface area contributed by atoms with Gasteiger partial charge in [0.2, 0.25) is 0 Å². The molecule has 20 heavy (non-hydrogen) atoms. The number of nitrogens with one attached hydrogen (secondary N) is 1. The van der Waals surface area contributed by atoms with E-state index < -0.39 is 0 Å². The van der Waals surface area contributed by atoms with Crippen molar-refractivity contribution in [3.05, 3.63) is 18.1 Å². The zero-order valence-electron chi connectivity index (χ0n) is 13.1. The van der Waals surface area contributed by atoms with Crippen LogP contribution < -0.4 is 10.2 Å². The Morgan fingerprint density at radius 1 is 1.20 bits per heavy atom. The third-order valence-corrected chi connectivity index (χ3v) is 4.03. The first kappa shape index (κ1) is 15.2. The monoisotopic (exact) mass is 276 g/mol. The molecule has 0 unspecified atom stereocenters. The molecule has 0 bridgehead atoms. The molecular formula is C16H28N4. The van der Waals surface area contributed by atoms with E-state index in [0.29, 0.717) is 6.04 Å². The van der Waals surface area contributed by atoms with E-state index >= 15 is 0 Å². The van der Waals surface area contributed by atoms with Gasteiger partial charge in [-0.15, -0.1) is 0 Å². The lowest BCUT2D eigenvalue weighted by Gasteiger charge is -2.27. The molecule has 1 aromatic rings. The first-order valence-electron chi connectivity index (χ1n) is 7.90. The first-order chi connectivity index (χ1) is 9.65. The van der Waals surface area contributed by atoms with Gasteiger partial charge in [-0.05, 0) is 18.8 Å². The largest absolute Gasteiger partial charge is 0.358 e. The Hall–Kier alpha value is -1.16. The minimum Gasteiger partial charge on any atom is -0.358 e. The molecule has 0 spiro atoms. The minimum atomic E-state index is 0.477. The molecule has 4 heteroatoms. The van der Waals surface area contributed by atoms with Crippen LogP contribution in [-0.2, 0) is 6.54 Å². The maximum absolute atomic E-state index is 4.55. The molecule has 2 rings (SSSR count). The molecule has 112 valence electrons. The van der Waals surface area contributed by atoms with Crippen molar-refractivity contribution in [3.63, 3.8) is 0 Å². The maximum Gasteiger partial charge on any atom is 0.146 e. The highest BCUT2D eigenvalue weighted by molar-refractivity contribution is 5.34. The number of aromatic nitrogens is 2. The van der Waals surface area contributed by atoms with Crippen LogP contribution in [0.15, 0.2) is 12.4 Å². The fraction of sp³-hybridized carbons (Fsp3) is 0.750. The van der Waals surface area contributed by atoms with Crippen LogP contribution >= 0.6 is 0 Å². The zero-order valence-corrected chi connectivity index (χ0v) is 13.1. The molecule has 1 heterocycles. The summed E-state index contributed by atoms with van der Waals surface area (Å²) in [5.41, 5.74) is 1.01. The number of rotatable bonds is 6. The summed E-state index contributed by atoms with van der Waals surface area (Å²) in [5.74, 6) is 1.82. The third kappa shape index (κ3) is 4.75. The summed E-state index contributed by atoms with van der Waals surface area (Å²) in [5, 5.41) is 3.36. The van der Waals surface area contributed by atoms with Gasteiger partial charge >= 0.3 is 0 Å². The zero-order chi connectivity index (χ0) is 14.4. The molecule has 4 nitrogen and oxygen atoms in total. The summed E-state index contributed by atoms with van der Waals surface area (Å²) in [6, 6.07) is 0.477. The van der Waals surface area contributed by atoms with E-state index in [1.807, 2.05) is 12.4 Å². The lowest BCUT2D eigenvalue weighted by Crippen LogP contribution is -2.28. The van der Waals surface area contributed by atoms with Gasteiger partial charge in [-0.3, -0.25) is 4.98 Å². The van der Waals surface area contributed by atoms with E-state index in [1.54, 1.807) is 0 Å². The minimum absolute atomic E-state index is 0.477. The fourth-order valence-corrected chi connectivity index (χ4v) is 2.80. The standard InChI is InChI=1S/C16H28N4/c1-13(2)17-9-15-10-19-16(11-18-15)20(3)12-14-7-5-4-6-8-14/h10-11,13-14,17H,4-9,12H2,1-3H3. The molecular weight excluding hydrogens is 248 g/mol. The Kier molecular flexibility index (Phi) is 5.77. The van der Waals surface area contributed by atoms with E-state index in [4.69, 9.17) is 0 Å². The lowest BCUT2D eigenvalue weighted by atomic mass is 9.89. The quantitative estimate of drug-likeness (QED) is 0.867. The van der Waals surface area contributed by atoms with E-state index in [2.05, 4.69) is 41.1 Å². The van der Waals surface area contributed by atoms with Crippen LogP contribution in [0.2, 0.25) is 0 Å². The molecule has 0 radical (unpaired) electrons. The average molecular weight is 276 g/mol. The van der Waals surface area contributed by atoms with Gasteiger partial charge in [0.05, 0.1) is 18.1 Å². The van der Waals surface area contributed by atoms with Gasteiger partial charge in [0.15, 0.2) is 0 Å². The van der Waals surface area contributed by atoms with Crippen molar-refractivity contribution in [2.45, 2.75) is 58.5 Å². The summed E-state index contributed by atoms with van der Waals surface area (Å²) in [6.45, 7) is 6.18.